The first-order valence-corrected chi connectivity index (χ1v) is 12.1. The van der Waals surface area contributed by atoms with E-state index in [1.54, 1.807) is 15.9 Å². The van der Waals surface area contributed by atoms with Crippen LogP contribution in [-0.2, 0) is 22.6 Å². The second-order valence-corrected chi connectivity index (χ2v) is 9.43. The summed E-state index contributed by atoms with van der Waals surface area (Å²) in [6, 6.07) is 4.75. The maximum atomic E-state index is 14.2. The average Bonchev–Trinajstić information content (AvgIpc) is 3.24. The normalized spacial score (nSPS) is 16.0. The molecule has 186 valence electrons. The summed E-state index contributed by atoms with van der Waals surface area (Å²) < 4.78 is 19.8. The molecule has 3 rings (SSSR count). The Morgan fingerprint density at radius 2 is 1.85 bits per heavy atom. The highest BCUT2D eigenvalue weighted by atomic mass is 19.1. The lowest BCUT2D eigenvalue weighted by Crippen LogP contribution is -2.41. The van der Waals surface area contributed by atoms with Gasteiger partial charge < -0.3 is 14.2 Å². The van der Waals surface area contributed by atoms with Crippen LogP contribution in [0.5, 0.6) is 0 Å². The van der Waals surface area contributed by atoms with Crippen LogP contribution in [0.2, 0.25) is 0 Å². The SMILES string of the molecule is CC(=O)N1CCCN(C(C)C)CCN(C(=O)CCc2nnc(C(C)C)o2)Cc2ccc(F)cc21. The first-order valence-electron chi connectivity index (χ1n) is 12.1. The van der Waals surface area contributed by atoms with E-state index in [1.807, 2.05) is 13.8 Å². The Morgan fingerprint density at radius 1 is 1.09 bits per heavy atom. The highest BCUT2D eigenvalue weighted by molar-refractivity contribution is 5.92. The molecule has 0 unspecified atom stereocenters. The van der Waals surface area contributed by atoms with Gasteiger partial charge in [-0.2, -0.15) is 0 Å². The lowest BCUT2D eigenvalue weighted by atomic mass is 10.1. The number of fused-ring (bicyclic) bond motifs is 1. The van der Waals surface area contributed by atoms with Gasteiger partial charge in [0.15, 0.2) is 0 Å². The Hall–Kier alpha value is -2.81. The van der Waals surface area contributed by atoms with E-state index in [0.29, 0.717) is 49.6 Å². The molecule has 0 saturated heterocycles. The molecule has 1 aliphatic rings. The van der Waals surface area contributed by atoms with Gasteiger partial charge in [0.2, 0.25) is 23.6 Å². The number of anilines is 1. The number of amides is 2. The summed E-state index contributed by atoms with van der Waals surface area (Å²) >= 11 is 0. The maximum Gasteiger partial charge on any atom is 0.223 e. The summed E-state index contributed by atoms with van der Waals surface area (Å²) in [5, 5.41) is 8.09. The van der Waals surface area contributed by atoms with Crippen molar-refractivity contribution in [3.63, 3.8) is 0 Å². The van der Waals surface area contributed by atoms with Crippen LogP contribution in [0, 0.1) is 5.82 Å². The molecule has 0 saturated carbocycles. The average molecular weight is 474 g/mol. The standard InChI is InChI=1S/C25H36FN5O3/c1-17(2)25-28-27-23(34-25)9-10-24(33)30-14-13-29(18(3)4)11-6-12-31(19(5)32)22-15-21(26)8-7-20(22)16-30/h7-8,15,17-18H,6,9-14,16H2,1-5H3. The van der Waals surface area contributed by atoms with Crippen molar-refractivity contribution in [2.24, 2.45) is 0 Å². The number of carbonyl (C=O) groups excluding carboxylic acids is 2. The van der Waals surface area contributed by atoms with Gasteiger partial charge in [-0.1, -0.05) is 19.9 Å². The molecule has 2 amide bonds. The molecule has 1 aromatic heterocycles. The largest absolute Gasteiger partial charge is 0.425 e. The molecule has 0 bridgehead atoms. The van der Waals surface area contributed by atoms with E-state index in [4.69, 9.17) is 4.42 Å². The number of nitrogens with zero attached hydrogens (tertiary/aromatic N) is 5. The van der Waals surface area contributed by atoms with Crippen LogP contribution in [0.3, 0.4) is 0 Å². The van der Waals surface area contributed by atoms with E-state index < -0.39 is 5.82 Å². The minimum atomic E-state index is -0.404. The summed E-state index contributed by atoms with van der Waals surface area (Å²) in [6.45, 7) is 12.5. The molecule has 0 aliphatic carbocycles. The second-order valence-electron chi connectivity index (χ2n) is 9.43. The fourth-order valence-electron chi connectivity index (χ4n) is 4.15. The van der Waals surface area contributed by atoms with E-state index in [9.17, 15) is 14.0 Å². The van der Waals surface area contributed by atoms with Crippen LogP contribution in [-0.4, -0.2) is 64.0 Å². The van der Waals surface area contributed by atoms with Gasteiger partial charge in [-0.25, -0.2) is 4.39 Å². The third-order valence-electron chi connectivity index (χ3n) is 6.18. The summed E-state index contributed by atoms with van der Waals surface area (Å²) in [4.78, 5) is 31.5. The molecule has 8 nitrogen and oxygen atoms in total. The van der Waals surface area contributed by atoms with E-state index in [0.717, 1.165) is 25.1 Å². The molecule has 0 fully saturated rings. The van der Waals surface area contributed by atoms with Crippen molar-refractivity contribution in [2.45, 2.75) is 72.4 Å². The van der Waals surface area contributed by atoms with Gasteiger partial charge in [0, 0.05) is 64.4 Å². The molecule has 34 heavy (non-hydrogen) atoms. The summed E-state index contributed by atoms with van der Waals surface area (Å²) in [7, 11) is 0. The molecule has 1 aliphatic heterocycles. The van der Waals surface area contributed by atoms with E-state index >= 15 is 0 Å². The Balaban J connectivity index is 1.85. The van der Waals surface area contributed by atoms with Gasteiger partial charge in [-0.05, 0) is 38.0 Å². The number of benzene rings is 1. The Kier molecular flexibility index (Phi) is 8.77. The molecule has 1 aromatic carbocycles. The third-order valence-corrected chi connectivity index (χ3v) is 6.18. The van der Waals surface area contributed by atoms with Crippen molar-refractivity contribution in [1.29, 1.82) is 0 Å². The topological polar surface area (TPSA) is 82.8 Å². The molecule has 0 atom stereocenters. The zero-order valence-electron chi connectivity index (χ0n) is 20.9. The van der Waals surface area contributed by atoms with Crippen LogP contribution in [0.15, 0.2) is 22.6 Å². The number of rotatable bonds is 5. The van der Waals surface area contributed by atoms with Gasteiger partial charge in [-0.15, -0.1) is 10.2 Å². The van der Waals surface area contributed by atoms with Crippen LogP contribution in [0.4, 0.5) is 10.1 Å². The molecule has 2 heterocycles. The first kappa shape index (κ1) is 25.8. The lowest BCUT2D eigenvalue weighted by Gasteiger charge is -2.30. The minimum Gasteiger partial charge on any atom is -0.425 e. The van der Waals surface area contributed by atoms with Crippen LogP contribution >= 0.6 is 0 Å². The Bertz CT molecular complexity index is 991. The van der Waals surface area contributed by atoms with Crippen molar-refractivity contribution < 1.29 is 18.4 Å². The van der Waals surface area contributed by atoms with Gasteiger partial charge in [0.1, 0.15) is 5.82 Å². The molecular formula is C25H36FN5O3. The molecule has 2 aromatic rings. The van der Waals surface area contributed by atoms with Crippen molar-refractivity contribution in [2.75, 3.05) is 31.1 Å². The number of hydrogen-bond donors (Lipinski definition) is 0. The molecule has 9 heteroatoms. The van der Waals surface area contributed by atoms with Crippen LogP contribution < -0.4 is 4.90 Å². The van der Waals surface area contributed by atoms with Crippen molar-refractivity contribution >= 4 is 17.5 Å². The predicted octanol–water partition coefficient (Wildman–Crippen LogP) is 3.76. The van der Waals surface area contributed by atoms with Crippen LogP contribution in [0.1, 0.15) is 70.7 Å². The first-order chi connectivity index (χ1) is 16.2. The summed E-state index contributed by atoms with van der Waals surface area (Å²) in [6.07, 6.45) is 1.35. The Morgan fingerprint density at radius 3 is 2.50 bits per heavy atom. The minimum absolute atomic E-state index is 0.0445. The highest BCUT2D eigenvalue weighted by Crippen LogP contribution is 2.25. The van der Waals surface area contributed by atoms with E-state index in [1.165, 1.54) is 19.1 Å². The molecular weight excluding hydrogens is 437 g/mol. The smallest absolute Gasteiger partial charge is 0.223 e. The number of hydrogen-bond acceptors (Lipinski definition) is 6. The second kappa shape index (κ2) is 11.6. The van der Waals surface area contributed by atoms with E-state index in [-0.39, 0.29) is 24.2 Å². The van der Waals surface area contributed by atoms with E-state index in [2.05, 4.69) is 28.9 Å². The van der Waals surface area contributed by atoms with Crippen LogP contribution in [0.25, 0.3) is 0 Å². The van der Waals surface area contributed by atoms with Crippen molar-refractivity contribution in [1.82, 2.24) is 20.0 Å². The number of aryl methyl sites for hydroxylation is 1. The lowest BCUT2D eigenvalue weighted by molar-refractivity contribution is -0.132. The fraction of sp³-hybridized carbons (Fsp3) is 0.600. The summed E-state index contributed by atoms with van der Waals surface area (Å²) in [5.41, 5.74) is 1.28. The number of aromatic nitrogens is 2. The monoisotopic (exact) mass is 473 g/mol. The zero-order valence-corrected chi connectivity index (χ0v) is 20.9. The molecule has 0 N–H and O–H groups in total. The quantitative estimate of drug-likeness (QED) is 0.658. The highest BCUT2D eigenvalue weighted by Gasteiger charge is 2.24. The predicted molar refractivity (Wildman–Crippen MR) is 128 cm³/mol. The van der Waals surface area contributed by atoms with Gasteiger partial charge in [-0.3, -0.25) is 14.5 Å². The summed E-state index contributed by atoms with van der Waals surface area (Å²) in [5.74, 6) is 0.550. The molecule has 0 radical (unpaired) electrons. The number of halogens is 1. The van der Waals surface area contributed by atoms with Gasteiger partial charge in [0.25, 0.3) is 0 Å². The third kappa shape index (κ3) is 6.62. The van der Waals surface area contributed by atoms with Crippen molar-refractivity contribution in [3.8, 4) is 0 Å². The number of carbonyl (C=O) groups is 2. The van der Waals surface area contributed by atoms with Crippen molar-refractivity contribution in [3.05, 3.63) is 41.4 Å². The Labute approximate surface area is 201 Å². The fourth-order valence-corrected chi connectivity index (χ4v) is 4.15. The zero-order chi connectivity index (χ0) is 24.8. The van der Waals surface area contributed by atoms with Gasteiger partial charge >= 0.3 is 0 Å². The maximum absolute atomic E-state index is 14.2. The van der Waals surface area contributed by atoms with Gasteiger partial charge in [0.05, 0.1) is 5.69 Å². The molecule has 0 spiro atoms.